The van der Waals surface area contributed by atoms with Gasteiger partial charge in [0, 0.05) is 30.7 Å². The number of likely N-dealkylation sites (tertiary alicyclic amines) is 1. The molecule has 0 saturated carbocycles. The van der Waals surface area contributed by atoms with Crippen molar-refractivity contribution in [3.8, 4) is 6.07 Å². The Bertz CT molecular complexity index is 1330. The van der Waals surface area contributed by atoms with Gasteiger partial charge in [0.05, 0.1) is 27.7 Å². The van der Waals surface area contributed by atoms with Crippen LogP contribution in [0.4, 0.5) is 5.69 Å². The number of pyridine rings is 1. The van der Waals surface area contributed by atoms with Crippen molar-refractivity contribution in [2.75, 3.05) is 31.1 Å². The molecule has 0 spiro atoms. The number of aryl methyl sites for hydroxylation is 1. The molecule has 7 heteroatoms. The predicted octanol–water partition coefficient (Wildman–Crippen LogP) is 4.70. The van der Waals surface area contributed by atoms with Gasteiger partial charge in [-0.15, -0.1) is 0 Å². The van der Waals surface area contributed by atoms with Gasteiger partial charge in [-0.1, -0.05) is 18.1 Å². The zero-order valence-corrected chi connectivity index (χ0v) is 20.4. The average Bonchev–Trinajstić information content (AvgIpc) is 2.88. The SMILES string of the molecule is Cc1ccc2ncc(S(=O)(=O)c3ccc(C#N)cc3)c(N3CCC(N4CCCCC4)CC3)c2c1. The normalized spacial score (nSPS) is 18.2. The van der Waals surface area contributed by atoms with Crippen molar-refractivity contribution in [1.29, 1.82) is 5.26 Å². The van der Waals surface area contributed by atoms with E-state index in [1.165, 1.54) is 50.7 Å². The number of anilines is 1. The number of piperidine rings is 2. The van der Waals surface area contributed by atoms with Crippen molar-refractivity contribution < 1.29 is 8.42 Å². The van der Waals surface area contributed by atoms with Crippen molar-refractivity contribution in [2.45, 2.75) is 54.9 Å². The highest BCUT2D eigenvalue weighted by atomic mass is 32.2. The number of hydrogen-bond acceptors (Lipinski definition) is 6. The fourth-order valence-corrected chi connectivity index (χ4v) is 6.80. The molecule has 1 aromatic heterocycles. The third kappa shape index (κ3) is 4.28. The summed E-state index contributed by atoms with van der Waals surface area (Å²) in [5.74, 6) is 0. The monoisotopic (exact) mass is 474 g/mol. The Balaban J connectivity index is 1.55. The summed E-state index contributed by atoms with van der Waals surface area (Å²) in [4.78, 5) is 9.83. The predicted molar refractivity (Wildman–Crippen MR) is 134 cm³/mol. The molecule has 0 atom stereocenters. The van der Waals surface area contributed by atoms with Crippen LogP contribution in [0.25, 0.3) is 10.9 Å². The Kier molecular flexibility index (Phi) is 6.28. The Hall–Kier alpha value is -2.95. The van der Waals surface area contributed by atoms with Crippen LogP contribution >= 0.6 is 0 Å². The Morgan fingerprint density at radius 3 is 2.35 bits per heavy atom. The van der Waals surface area contributed by atoms with E-state index >= 15 is 0 Å². The number of fused-ring (bicyclic) bond motifs is 1. The fraction of sp³-hybridized carbons (Fsp3) is 0.407. The summed E-state index contributed by atoms with van der Waals surface area (Å²) in [6, 6.07) is 14.8. The van der Waals surface area contributed by atoms with E-state index in [0.717, 1.165) is 48.1 Å². The smallest absolute Gasteiger partial charge is 0.210 e. The van der Waals surface area contributed by atoms with E-state index in [1.54, 1.807) is 12.1 Å². The molecule has 0 unspecified atom stereocenters. The molecular formula is C27H30N4O2S. The second-order valence-corrected chi connectivity index (χ2v) is 11.4. The van der Waals surface area contributed by atoms with Gasteiger partial charge in [0.25, 0.3) is 0 Å². The van der Waals surface area contributed by atoms with Gasteiger partial charge in [-0.2, -0.15) is 5.26 Å². The minimum Gasteiger partial charge on any atom is -0.370 e. The van der Waals surface area contributed by atoms with Crippen molar-refractivity contribution >= 4 is 26.4 Å². The first kappa shape index (κ1) is 22.8. The van der Waals surface area contributed by atoms with Crippen LogP contribution in [-0.2, 0) is 9.84 Å². The summed E-state index contributed by atoms with van der Waals surface area (Å²) in [7, 11) is -3.81. The molecule has 0 radical (unpaired) electrons. The number of benzene rings is 2. The van der Waals surface area contributed by atoms with Gasteiger partial charge in [-0.05, 0) is 82.1 Å². The zero-order chi connectivity index (χ0) is 23.7. The Morgan fingerprint density at radius 1 is 0.971 bits per heavy atom. The van der Waals surface area contributed by atoms with Gasteiger partial charge in [0.15, 0.2) is 0 Å². The number of aromatic nitrogens is 1. The standard InChI is InChI=1S/C27H30N4O2S/c1-20-5-10-25-24(17-20)27(31-15-11-22(12-16-31)30-13-3-2-4-14-30)26(19-29-25)34(32,33)23-8-6-21(18-28)7-9-23/h5-10,17,19,22H,2-4,11-16H2,1H3. The Labute approximate surface area is 201 Å². The first-order chi connectivity index (χ1) is 16.5. The highest BCUT2D eigenvalue weighted by molar-refractivity contribution is 7.91. The van der Waals surface area contributed by atoms with Gasteiger partial charge in [0.1, 0.15) is 4.90 Å². The number of hydrogen-bond donors (Lipinski definition) is 0. The van der Waals surface area contributed by atoms with Gasteiger partial charge >= 0.3 is 0 Å². The summed E-state index contributed by atoms with van der Waals surface area (Å²) >= 11 is 0. The van der Waals surface area contributed by atoms with Gasteiger partial charge in [-0.25, -0.2) is 8.42 Å². The lowest BCUT2D eigenvalue weighted by Crippen LogP contribution is -2.47. The summed E-state index contributed by atoms with van der Waals surface area (Å²) in [6.45, 7) is 6.03. The molecule has 3 heterocycles. The largest absolute Gasteiger partial charge is 0.370 e. The molecule has 3 aromatic rings. The van der Waals surface area contributed by atoms with Gasteiger partial charge < -0.3 is 9.80 Å². The minimum atomic E-state index is -3.81. The lowest BCUT2D eigenvalue weighted by atomic mass is 9.99. The molecule has 0 N–H and O–H groups in total. The lowest BCUT2D eigenvalue weighted by molar-refractivity contribution is 0.141. The molecule has 5 rings (SSSR count). The maximum absolute atomic E-state index is 13.8. The van der Waals surface area contributed by atoms with Gasteiger partial charge in [-0.3, -0.25) is 4.98 Å². The summed E-state index contributed by atoms with van der Waals surface area (Å²) < 4.78 is 27.6. The second-order valence-electron chi connectivity index (χ2n) is 9.45. The van der Waals surface area contributed by atoms with Crippen molar-refractivity contribution in [3.05, 3.63) is 59.8 Å². The first-order valence-electron chi connectivity index (χ1n) is 12.1. The fourth-order valence-electron chi connectivity index (χ4n) is 5.37. The van der Waals surface area contributed by atoms with Crippen molar-refractivity contribution in [3.63, 3.8) is 0 Å². The third-order valence-electron chi connectivity index (χ3n) is 7.23. The minimum absolute atomic E-state index is 0.185. The third-order valence-corrected chi connectivity index (χ3v) is 9.00. The second kappa shape index (κ2) is 9.36. The lowest BCUT2D eigenvalue weighted by Gasteiger charge is -2.41. The van der Waals surface area contributed by atoms with E-state index in [0.29, 0.717) is 11.6 Å². The van der Waals surface area contributed by atoms with Crippen LogP contribution in [0, 0.1) is 18.3 Å². The number of nitrogens with zero attached hydrogens (tertiary/aromatic N) is 4. The van der Waals surface area contributed by atoms with E-state index in [9.17, 15) is 8.42 Å². The van der Waals surface area contributed by atoms with E-state index in [1.807, 2.05) is 25.1 Å². The zero-order valence-electron chi connectivity index (χ0n) is 19.6. The Morgan fingerprint density at radius 2 is 1.68 bits per heavy atom. The molecule has 2 fully saturated rings. The molecular weight excluding hydrogens is 444 g/mol. The van der Waals surface area contributed by atoms with Crippen LogP contribution in [0.3, 0.4) is 0 Å². The van der Waals surface area contributed by atoms with Crippen LogP contribution in [0.2, 0.25) is 0 Å². The molecule has 0 aliphatic carbocycles. The highest BCUT2D eigenvalue weighted by Gasteiger charge is 2.31. The molecule has 2 aliphatic rings. The van der Waals surface area contributed by atoms with E-state index in [-0.39, 0.29) is 9.79 Å². The van der Waals surface area contributed by atoms with E-state index < -0.39 is 9.84 Å². The number of sulfone groups is 1. The van der Waals surface area contributed by atoms with Crippen LogP contribution in [0.15, 0.2) is 58.5 Å². The van der Waals surface area contributed by atoms with Crippen LogP contribution in [-0.4, -0.2) is 50.5 Å². The van der Waals surface area contributed by atoms with Gasteiger partial charge in [0.2, 0.25) is 9.84 Å². The molecule has 0 amide bonds. The van der Waals surface area contributed by atoms with E-state index in [4.69, 9.17) is 5.26 Å². The molecule has 2 aliphatic heterocycles. The molecule has 0 bridgehead atoms. The van der Waals surface area contributed by atoms with Crippen LogP contribution < -0.4 is 4.90 Å². The van der Waals surface area contributed by atoms with Crippen LogP contribution in [0.5, 0.6) is 0 Å². The number of nitriles is 1. The van der Waals surface area contributed by atoms with E-state index in [2.05, 4.69) is 20.9 Å². The molecule has 176 valence electrons. The van der Waals surface area contributed by atoms with Crippen molar-refractivity contribution in [2.24, 2.45) is 0 Å². The highest BCUT2D eigenvalue weighted by Crippen LogP contribution is 2.38. The summed E-state index contributed by atoms with van der Waals surface area (Å²) in [5.41, 5.74) is 3.07. The molecule has 6 nitrogen and oxygen atoms in total. The number of rotatable bonds is 4. The molecule has 34 heavy (non-hydrogen) atoms. The van der Waals surface area contributed by atoms with Crippen molar-refractivity contribution in [1.82, 2.24) is 9.88 Å². The quantitative estimate of drug-likeness (QED) is 0.545. The topological polar surface area (TPSA) is 77.3 Å². The maximum atomic E-state index is 13.8. The van der Waals surface area contributed by atoms with Crippen LogP contribution in [0.1, 0.15) is 43.2 Å². The summed E-state index contributed by atoms with van der Waals surface area (Å²) in [5, 5.41) is 9.98. The maximum Gasteiger partial charge on any atom is 0.210 e. The summed E-state index contributed by atoms with van der Waals surface area (Å²) in [6.07, 6.45) is 7.46. The molecule has 2 aromatic carbocycles. The molecule has 2 saturated heterocycles. The average molecular weight is 475 g/mol. The first-order valence-corrected chi connectivity index (χ1v) is 13.6.